The molecule has 4 atom stereocenters. The van der Waals surface area contributed by atoms with Gasteiger partial charge in [-0.25, -0.2) is 15.1 Å². The van der Waals surface area contributed by atoms with E-state index in [0.29, 0.717) is 12.4 Å². The van der Waals surface area contributed by atoms with Gasteiger partial charge in [-0.05, 0) is 27.2 Å². The van der Waals surface area contributed by atoms with Crippen LogP contribution < -0.4 is 0 Å². The Kier molecular flexibility index (Phi) is 6.05. The van der Waals surface area contributed by atoms with Crippen LogP contribution in [0.5, 0.6) is 0 Å². The molecule has 5 nitrogen and oxygen atoms in total. The molecule has 0 spiro atoms. The molecule has 27 heavy (non-hydrogen) atoms. The fourth-order valence-electron chi connectivity index (χ4n) is 4.01. The molecule has 0 saturated carbocycles. The maximum atomic E-state index is 12.8. The number of alkyl halides is 3. The topological polar surface area (TPSA) is 52.2 Å². The second-order valence-electron chi connectivity index (χ2n) is 7.86. The standard InChI is InChI=1S/C18H26F3N4OS/c1-12(14-6-22-13(2)23-7-14)25-9-17(3,27-11-25)15-8-24(5-4-16(15)26)10-18(19,20)21/h6-7,12,15-16H,4-5,8-11H2,1-3H3/t12-,15?,16?,17?/m1/s1. The molecule has 1 radical (unpaired) electrons. The summed E-state index contributed by atoms with van der Waals surface area (Å²) in [6.45, 7) is 6.13. The monoisotopic (exact) mass is 403 g/mol. The van der Waals surface area contributed by atoms with E-state index in [1.165, 1.54) is 4.90 Å². The first kappa shape index (κ1) is 20.8. The van der Waals surface area contributed by atoms with Crippen LogP contribution in [0.1, 0.15) is 37.7 Å². The predicted molar refractivity (Wildman–Crippen MR) is 97.8 cm³/mol. The van der Waals surface area contributed by atoms with Crippen molar-refractivity contribution in [2.24, 2.45) is 5.92 Å². The van der Waals surface area contributed by atoms with Crippen molar-refractivity contribution >= 4 is 11.8 Å². The lowest BCUT2D eigenvalue weighted by Gasteiger charge is -2.43. The third-order valence-electron chi connectivity index (χ3n) is 5.73. The van der Waals surface area contributed by atoms with Crippen molar-refractivity contribution in [3.8, 4) is 0 Å². The van der Waals surface area contributed by atoms with E-state index >= 15 is 0 Å². The molecule has 0 amide bonds. The van der Waals surface area contributed by atoms with Crippen LogP contribution in [-0.4, -0.2) is 68.9 Å². The highest BCUT2D eigenvalue weighted by molar-refractivity contribution is 8.00. The van der Waals surface area contributed by atoms with E-state index in [1.807, 2.05) is 26.2 Å². The van der Waals surface area contributed by atoms with Gasteiger partial charge < -0.3 is 0 Å². The zero-order valence-corrected chi connectivity index (χ0v) is 16.7. The Balaban J connectivity index is 1.68. The average molecular weight is 403 g/mol. The zero-order chi connectivity index (χ0) is 19.8. The lowest BCUT2D eigenvalue weighted by atomic mass is 9.83. The fourth-order valence-corrected chi connectivity index (χ4v) is 5.48. The molecule has 3 heterocycles. The summed E-state index contributed by atoms with van der Waals surface area (Å²) >= 11 is 1.69. The van der Waals surface area contributed by atoms with E-state index < -0.39 is 18.8 Å². The highest BCUT2D eigenvalue weighted by Gasteiger charge is 2.49. The number of rotatable bonds is 4. The van der Waals surface area contributed by atoms with Gasteiger partial charge in [-0.1, -0.05) is 0 Å². The largest absolute Gasteiger partial charge is 0.401 e. The summed E-state index contributed by atoms with van der Waals surface area (Å²) in [7, 11) is 0. The molecule has 1 aromatic heterocycles. The molecule has 2 aliphatic heterocycles. The third kappa shape index (κ3) is 4.93. The Morgan fingerprint density at radius 3 is 2.67 bits per heavy atom. The fraction of sp³-hybridized carbons (Fsp3) is 0.778. The minimum absolute atomic E-state index is 0.0971. The number of hydrogen-bond acceptors (Lipinski definition) is 5. The Labute approximate surface area is 162 Å². The van der Waals surface area contributed by atoms with Crippen molar-refractivity contribution in [2.45, 2.75) is 50.3 Å². The summed E-state index contributed by atoms with van der Waals surface area (Å²) in [5.41, 5.74) is 1.01. The second kappa shape index (κ2) is 7.85. The van der Waals surface area contributed by atoms with Crippen molar-refractivity contribution in [3.63, 3.8) is 0 Å². The second-order valence-corrected chi connectivity index (χ2v) is 9.34. The molecule has 0 N–H and O–H groups in total. The molecule has 2 aliphatic rings. The van der Waals surface area contributed by atoms with Crippen LogP contribution in [0.2, 0.25) is 0 Å². The number of thioether (sulfide) groups is 1. The Morgan fingerprint density at radius 1 is 1.37 bits per heavy atom. The van der Waals surface area contributed by atoms with Gasteiger partial charge in [0.05, 0.1) is 12.6 Å². The number of aromatic nitrogens is 2. The third-order valence-corrected chi connectivity index (χ3v) is 7.28. The van der Waals surface area contributed by atoms with Crippen LogP contribution in [-0.2, 0) is 5.11 Å². The Morgan fingerprint density at radius 2 is 2.04 bits per heavy atom. The van der Waals surface area contributed by atoms with Gasteiger partial charge in [0.2, 0.25) is 0 Å². The van der Waals surface area contributed by atoms with Gasteiger partial charge in [-0.2, -0.15) is 13.2 Å². The van der Waals surface area contributed by atoms with Crippen molar-refractivity contribution < 1.29 is 18.3 Å². The quantitative estimate of drug-likeness (QED) is 0.772. The summed E-state index contributed by atoms with van der Waals surface area (Å²) in [4.78, 5) is 12.1. The summed E-state index contributed by atoms with van der Waals surface area (Å²) in [5.74, 6) is 1.16. The molecular formula is C18H26F3N4OS. The zero-order valence-electron chi connectivity index (χ0n) is 15.9. The lowest BCUT2D eigenvalue weighted by Crippen LogP contribution is -2.54. The van der Waals surface area contributed by atoms with E-state index in [0.717, 1.165) is 11.4 Å². The van der Waals surface area contributed by atoms with Crippen LogP contribution >= 0.6 is 11.8 Å². The molecule has 3 unspecified atom stereocenters. The summed E-state index contributed by atoms with van der Waals surface area (Å²) in [5, 5.41) is 12.6. The van der Waals surface area contributed by atoms with Crippen molar-refractivity contribution in [2.75, 3.05) is 32.1 Å². The SMILES string of the molecule is Cc1ncc([C@@H](C)N2CSC(C)(C3CN(CC(F)(F)F)CCC3[O])C2)cn1. The molecule has 0 bridgehead atoms. The van der Waals surface area contributed by atoms with Gasteiger partial charge in [0, 0.05) is 60.2 Å². The normalized spacial score (nSPS) is 32.0. The van der Waals surface area contributed by atoms with Gasteiger partial charge in [0.15, 0.2) is 0 Å². The minimum atomic E-state index is -4.23. The predicted octanol–water partition coefficient (Wildman–Crippen LogP) is 3.29. The number of aryl methyl sites for hydroxylation is 1. The smallest absolute Gasteiger partial charge is 0.294 e. The van der Waals surface area contributed by atoms with E-state index in [9.17, 15) is 18.3 Å². The summed E-state index contributed by atoms with van der Waals surface area (Å²) in [6, 6.07) is 0.0971. The van der Waals surface area contributed by atoms with E-state index in [2.05, 4.69) is 21.8 Å². The van der Waals surface area contributed by atoms with E-state index in [1.54, 1.807) is 11.8 Å². The first-order chi connectivity index (χ1) is 12.6. The number of hydrogen-bond donors (Lipinski definition) is 0. The van der Waals surface area contributed by atoms with E-state index in [-0.39, 0.29) is 36.2 Å². The van der Waals surface area contributed by atoms with Crippen molar-refractivity contribution in [1.29, 1.82) is 0 Å². The number of halogens is 3. The summed E-state index contributed by atoms with van der Waals surface area (Å²) < 4.78 is 38.0. The number of piperidine rings is 1. The molecule has 0 aliphatic carbocycles. The van der Waals surface area contributed by atoms with Crippen molar-refractivity contribution in [1.82, 2.24) is 19.8 Å². The summed E-state index contributed by atoms with van der Waals surface area (Å²) in [6.07, 6.45) is -1.14. The van der Waals surface area contributed by atoms with Gasteiger partial charge >= 0.3 is 6.18 Å². The first-order valence-electron chi connectivity index (χ1n) is 9.19. The first-order valence-corrected chi connectivity index (χ1v) is 10.2. The number of nitrogens with zero attached hydrogens (tertiary/aromatic N) is 4. The van der Waals surface area contributed by atoms with E-state index in [4.69, 9.17) is 0 Å². The van der Waals surface area contributed by atoms with Gasteiger partial charge in [0.1, 0.15) is 5.82 Å². The molecule has 9 heteroatoms. The Bertz CT molecular complexity index is 644. The minimum Gasteiger partial charge on any atom is -0.294 e. The molecular weight excluding hydrogens is 377 g/mol. The van der Waals surface area contributed by atoms with Crippen LogP contribution in [0.4, 0.5) is 13.2 Å². The van der Waals surface area contributed by atoms with Crippen molar-refractivity contribution in [3.05, 3.63) is 23.8 Å². The maximum Gasteiger partial charge on any atom is 0.401 e. The number of likely N-dealkylation sites (tertiary alicyclic amines) is 1. The van der Waals surface area contributed by atoms with Crippen LogP contribution in [0.15, 0.2) is 12.4 Å². The van der Waals surface area contributed by atoms with Gasteiger partial charge in [0.25, 0.3) is 0 Å². The highest BCUT2D eigenvalue weighted by Crippen LogP contribution is 2.46. The Hall–Kier alpha value is -0.900. The molecule has 0 aromatic carbocycles. The maximum absolute atomic E-state index is 12.8. The molecule has 1 aromatic rings. The molecule has 2 saturated heterocycles. The van der Waals surface area contributed by atoms with Gasteiger partial charge in [-0.3, -0.25) is 9.80 Å². The lowest BCUT2D eigenvalue weighted by molar-refractivity contribution is -0.156. The van der Waals surface area contributed by atoms with Crippen LogP contribution in [0.25, 0.3) is 0 Å². The van der Waals surface area contributed by atoms with Crippen LogP contribution in [0.3, 0.4) is 0 Å². The average Bonchev–Trinajstić information content (AvgIpc) is 2.99. The molecule has 2 fully saturated rings. The van der Waals surface area contributed by atoms with Crippen LogP contribution in [0, 0.1) is 12.8 Å². The van der Waals surface area contributed by atoms with Gasteiger partial charge in [-0.15, -0.1) is 11.8 Å². The molecule has 3 rings (SSSR count). The highest BCUT2D eigenvalue weighted by atomic mass is 32.2. The molecule has 151 valence electrons.